The van der Waals surface area contributed by atoms with E-state index in [0.29, 0.717) is 27.3 Å². The zero-order chi connectivity index (χ0) is 13.3. The van der Waals surface area contributed by atoms with Crippen molar-refractivity contribution < 1.29 is 0 Å². The summed E-state index contributed by atoms with van der Waals surface area (Å²) in [5, 5.41) is 11.8. The van der Waals surface area contributed by atoms with Gasteiger partial charge in [0.2, 0.25) is 0 Å². The Morgan fingerprint density at radius 1 is 1.17 bits per heavy atom. The summed E-state index contributed by atoms with van der Waals surface area (Å²) in [6, 6.07) is 3.32. The highest BCUT2D eigenvalue weighted by molar-refractivity contribution is 6.41. The van der Waals surface area contributed by atoms with Gasteiger partial charge in [0.1, 0.15) is 0 Å². The molecule has 0 amide bonds. The van der Waals surface area contributed by atoms with Gasteiger partial charge < -0.3 is 5.32 Å². The Bertz CT molecular complexity index is 535. The molecule has 2 aromatic rings. The third-order valence-electron chi connectivity index (χ3n) is 2.73. The molecule has 0 atom stereocenters. The average molecular weight is 305 g/mol. The first-order valence-electron chi connectivity index (χ1n) is 5.38. The van der Waals surface area contributed by atoms with Gasteiger partial charge in [0, 0.05) is 22.8 Å². The average Bonchev–Trinajstić information content (AvgIpc) is 2.58. The molecule has 0 fully saturated rings. The van der Waals surface area contributed by atoms with Gasteiger partial charge in [-0.1, -0.05) is 34.8 Å². The van der Waals surface area contributed by atoms with E-state index < -0.39 is 0 Å². The quantitative estimate of drug-likeness (QED) is 0.870. The molecule has 1 heterocycles. The fraction of sp³-hybridized carbons (Fsp3) is 0.250. The third kappa shape index (κ3) is 2.74. The van der Waals surface area contributed by atoms with E-state index in [4.69, 9.17) is 34.8 Å². The van der Waals surface area contributed by atoms with Gasteiger partial charge in [-0.25, -0.2) is 0 Å². The normalized spacial score (nSPS) is 10.7. The molecule has 0 aliphatic rings. The number of aryl methyl sites for hydroxylation is 2. The molecular weight excluding hydrogens is 293 g/mol. The predicted molar refractivity (Wildman–Crippen MR) is 76.9 cm³/mol. The Kier molecular flexibility index (Phi) is 4.05. The highest BCUT2D eigenvalue weighted by Crippen LogP contribution is 2.34. The lowest BCUT2D eigenvalue weighted by molar-refractivity contribution is 1.02. The monoisotopic (exact) mass is 303 g/mol. The van der Waals surface area contributed by atoms with E-state index in [1.165, 1.54) is 0 Å². The number of aromatic nitrogens is 2. The Hall–Kier alpha value is -0.900. The molecule has 2 rings (SSSR count). The van der Waals surface area contributed by atoms with Gasteiger partial charge in [-0.3, -0.25) is 5.10 Å². The van der Waals surface area contributed by atoms with Crippen LogP contribution in [0.4, 0.5) is 5.69 Å². The first-order valence-corrected chi connectivity index (χ1v) is 6.51. The van der Waals surface area contributed by atoms with Crippen LogP contribution in [-0.4, -0.2) is 10.2 Å². The van der Waals surface area contributed by atoms with Crippen molar-refractivity contribution in [2.45, 2.75) is 20.4 Å². The van der Waals surface area contributed by atoms with Gasteiger partial charge in [0.25, 0.3) is 0 Å². The molecule has 2 N–H and O–H groups in total. The van der Waals surface area contributed by atoms with Crippen molar-refractivity contribution >= 4 is 40.5 Å². The molecule has 1 aromatic heterocycles. The van der Waals surface area contributed by atoms with Gasteiger partial charge in [-0.2, -0.15) is 5.10 Å². The van der Waals surface area contributed by atoms with Gasteiger partial charge in [-0.05, 0) is 26.0 Å². The standard InChI is InChI=1S/C12H12Cl3N3/c1-6-9(7(2)18-17-6)5-16-12-10(14)3-8(13)4-11(12)15/h3-4,16H,5H2,1-2H3,(H,17,18). The summed E-state index contributed by atoms with van der Waals surface area (Å²) in [5.74, 6) is 0. The molecule has 18 heavy (non-hydrogen) atoms. The van der Waals surface area contributed by atoms with Crippen LogP contribution < -0.4 is 5.32 Å². The van der Waals surface area contributed by atoms with E-state index >= 15 is 0 Å². The van der Waals surface area contributed by atoms with E-state index in [-0.39, 0.29) is 0 Å². The first-order chi connectivity index (χ1) is 8.49. The van der Waals surface area contributed by atoms with Crippen LogP contribution in [0.25, 0.3) is 0 Å². The number of benzene rings is 1. The number of H-pyrrole nitrogens is 1. The van der Waals surface area contributed by atoms with Crippen LogP contribution in [0.5, 0.6) is 0 Å². The molecule has 0 spiro atoms. The lowest BCUT2D eigenvalue weighted by Crippen LogP contribution is -2.02. The first kappa shape index (κ1) is 13.5. The van der Waals surface area contributed by atoms with Crippen molar-refractivity contribution in [2.24, 2.45) is 0 Å². The van der Waals surface area contributed by atoms with Crippen molar-refractivity contribution in [3.63, 3.8) is 0 Å². The van der Waals surface area contributed by atoms with E-state index in [2.05, 4.69) is 15.5 Å². The van der Waals surface area contributed by atoms with Crippen LogP contribution >= 0.6 is 34.8 Å². The number of rotatable bonds is 3. The molecule has 0 unspecified atom stereocenters. The predicted octanol–water partition coefficient (Wildman–Crippen LogP) is 4.60. The van der Waals surface area contributed by atoms with Crippen molar-refractivity contribution in [3.05, 3.63) is 44.2 Å². The molecule has 96 valence electrons. The SMILES string of the molecule is Cc1n[nH]c(C)c1CNc1c(Cl)cc(Cl)cc1Cl. The van der Waals surface area contributed by atoms with Gasteiger partial charge in [0.05, 0.1) is 21.4 Å². The zero-order valence-corrected chi connectivity index (χ0v) is 12.2. The fourth-order valence-corrected chi connectivity index (χ4v) is 2.67. The fourth-order valence-electron chi connectivity index (χ4n) is 1.72. The maximum atomic E-state index is 6.10. The summed E-state index contributed by atoms with van der Waals surface area (Å²) in [6.45, 7) is 4.53. The van der Waals surface area contributed by atoms with E-state index in [9.17, 15) is 0 Å². The minimum absolute atomic E-state index is 0.506. The van der Waals surface area contributed by atoms with Crippen LogP contribution in [0.3, 0.4) is 0 Å². The number of aromatic amines is 1. The summed E-state index contributed by atoms with van der Waals surface area (Å²) in [5.41, 5.74) is 3.78. The lowest BCUT2D eigenvalue weighted by atomic mass is 10.2. The zero-order valence-electron chi connectivity index (χ0n) is 9.94. The summed E-state index contributed by atoms with van der Waals surface area (Å²) in [6.07, 6.45) is 0. The lowest BCUT2D eigenvalue weighted by Gasteiger charge is -2.11. The second kappa shape index (κ2) is 5.39. The number of halogens is 3. The third-order valence-corrected chi connectivity index (χ3v) is 3.54. The number of nitrogens with one attached hydrogen (secondary N) is 2. The number of hydrogen-bond acceptors (Lipinski definition) is 2. The van der Waals surface area contributed by atoms with E-state index in [1.807, 2.05) is 13.8 Å². The van der Waals surface area contributed by atoms with Crippen molar-refractivity contribution in [3.8, 4) is 0 Å². The van der Waals surface area contributed by atoms with Crippen LogP contribution in [0.2, 0.25) is 15.1 Å². The van der Waals surface area contributed by atoms with Crippen LogP contribution in [0.1, 0.15) is 17.0 Å². The van der Waals surface area contributed by atoms with Gasteiger partial charge in [0.15, 0.2) is 0 Å². The van der Waals surface area contributed by atoms with Crippen molar-refractivity contribution in [1.82, 2.24) is 10.2 Å². The Morgan fingerprint density at radius 3 is 2.28 bits per heavy atom. The highest BCUT2D eigenvalue weighted by Gasteiger charge is 2.10. The number of nitrogens with zero attached hydrogens (tertiary/aromatic N) is 1. The second-order valence-corrected chi connectivity index (χ2v) is 5.26. The Morgan fingerprint density at radius 2 is 1.78 bits per heavy atom. The smallest absolute Gasteiger partial charge is 0.0722 e. The molecule has 0 saturated heterocycles. The molecule has 1 aromatic carbocycles. The molecule has 0 aliphatic heterocycles. The van der Waals surface area contributed by atoms with Crippen LogP contribution in [-0.2, 0) is 6.54 Å². The number of hydrogen-bond donors (Lipinski definition) is 2. The summed E-state index contributed by atoms with van der Waals surface area (Å²) in [7, 11) is 0. The highest BCUT2D eigenvalue weighted by atomic mass is 35.5. The topological polar surface area (TPSA) is 40.7 Å². The largest absolute Gasteiger partial charge is 0.378 e. The molecular formula is C12H12Cl3N3. The Balaban J connectivity index is 2.21. The van der Waals surface area contributed by atoms with Gasteiger partial charge in [-0.15, -0.1) is 0 Å². The molecule has 0 radical (unpaired) electrons. The van der Waals surface area contributed by atoms with E-state index in [1.54, 1.807) is 12.1 Å². The second-order valence-electron chi connectivity index (χ2n) is 4.01. The van der Waals surface area contributed by atoms with Crippen molar-refractivity contribution in [2.75, 3.05) is 5.32 Å². The molecule has 0 bridgehead atoms. The minimum atomic E-state index is 0.506. The molecule has 6 heteroatoms. The molecule has 0 aliphatic carbocycles. The van der Waals surface area contributed by atoms with Crippen LogP contribution in [0.15, 0.2) is 12.1 Å². The minimum Gasteiger partial charge on any atom is -0.378 e. The Labute approximate surface area is 120 Å². The van der Waals surface area contributed by atoms with Crippen molar-refractivity contribution in [1.29, 1.82) is 0 Å². The van der Waals surface area contributed by atoms with Gasteiger partial charge >= 0.3 is 0 Å². The summed E-state index contributed by atoms with van der Waals surface area (Å²) >= 11 is 18.1. The van der Waals surface area contributed by atoms with E-state index in [0.717, 1.165) is 17.0 Å². The molecule has 3 nitrogen and oxygen atoms in total. The summed E-state index contributed by atoms with van der Waals surface area (Å²) in [4.78, 5) is 0. The maximum Gasteiger partial charge on any atom is 0.0722 e. The summed E-state index contributed by atoms with van der Waals surface area (Å²) < 4.78 is 0. The maximum absolute atomic E-state index is 6.10. The number of anilines is 1. The molecule has 0 saturated carbocycles. The van der Waals surface area contributed by atoms with Crippen LogP contribution in [0, 0.1) is 13.8 Å².